The molecule has 8 heteroatoms. The van der Waals surface area contributed by atoms with Crippen molar-refractivity contribution in [1.29, 1.82) is 0 Å². The minimum absolute atomic E-state index is 0.0813. The Morgan fingerprint density at radius 2 is 1.94 bits per heavy atom. The van der Waals surface area contributed by atoms with Gasteiger partial charge < -0.3 is 33.5 Å². The van der Waals surface area contributed by atoms with Gasteiger partial charge in [0.05, 0.1) is 20.3 Å². The van der Waals surface area contributed by atoms with E-state index in [0.717, 1.165) is 0 Å². The molecule has 0 bridgehead atoms. The number of benzene rings is 1. The lowest BCUT2D eigenvalue weighted by molar-refractivity contribution is -0.550. The lowest BCUT2D eigenvalue weighted by Crippen LogP contribution is -2.46. The first kappa shape index (κ1) is 27.9. The number of ether oxygens (including phenoxy) is 6. The number of hydrogen-bond donors (Lipinski definition) is 0. The first-order valence-electron chi connectivity index (χ1n) is 11.6. The molecule has 0 saturated carbocycles. The zero-order valence-electron chi connectivity index (χ0n) is 21.0. The standard InChI is InChI=1S/C26H37O8/c1-7-31-17-32-21-14-10-11-18(2)33-25(27)24-19(15-20(29-5)16-23(24)30-6)12-8-9-13-22(21)34-26(3,4)28/h8,10,12,14-16,18,21-22H,7,9,11,13,17H2,1-6H3/q-1/b12-8+,14-10-/t18-,21?,22-/m0/s1. The SMILES string of the molecule is CCOCOC1/C=C\C[C@H](C)OC(=O)c2c(cc(OC)cc2OC)/C=C/CC[C@@H]1OC(C)(C)[O-]. The molecule has 8 nitrogen and oxygen atoms in total. The fourth-order valence-corrected chi connectivity index (χ4v) is 3.56. The van der Waals surface area contributed by atoms with Crippen LogP contribution >= 0.6 is 0 Å². The highest BCUT2D eigenvalue weighted by atomic mass is 16.7. The van der Waals surface area contributed by atoms with Crippen LogP contribution < -0.4 is 14.6 Å². The third kappa shape index (κ3) is 8.76. The summed E-state index contributed by atoms with van der Waals surface area (Å²) in [5.74, 6) is -1.13. The van der Waals surface area contributed by atoms with Crippen LogP contribution in [0, 0.1) is 0 Å². The van der Waals surface area contributed by atoms with Gasteiger partial charge in [-0.3, -0.25) is 0 Å². The summed E-state index contributed by atoms with van der Waals surface area (Å²) in [6.45, 7) is 7.24. The molecule has 0 N–H and O–H groups in total. The molecule has 1 aliphatic heterocycles. The minimum atomic E-state index is -1.59. The predicted octanol–water partition coefficient (Wildman–Crippen LogP) is 3.86. The fraction of sp³-hybridized carbons (Fsp3) is 0.577. The van der Waals surface area contributed by atoms with Gasteiger partial charge in [0.1, 0.15) is 36.1 Å². The van der Waals surface area contributed by atoms with Crippen LogP contribution in [0.25, 0.3) is 6.08 Å². The molecule has 0 saturated heterocycles. The molecular weight excluding hydrogens is 440 g/mol. The lowest BCUT2D eigenvalue weighted by Gasteiger charge is -2.38. The minimum Gasteiger partial charge on any atom is -0.829 e. The zero-order valence-corrected chi connectivity index (χ0v) is 21.0. The number of fused-ring (bicyclic) bond motifs is 1. The van der Waals surface area contributed by atoms with Gasteiger partial charge in [-0.1, -0.05) is 38.2 Å². The normalized spacial score (nSPS) is 23.9. The molecule has 1 aromatic rings. The first-order valence-corrected chi connectivity index (χ1v) is 11.6. The van der Waals surface area contributed by atoms with Gasteiger partial charge in [-0.25, -0.2) is 4.79 Å². The van der Waals surface area contributed by atoms with E-state index in [0.29, 0.717) is 48.5 Å². The Morgan fingerprint density at radius 1 is 1.18 bits per heavy atom. The maximum absolute atomic E-state index is 13.0. The Labute approximate surface area is 202 Å². The Balaban J connectivity index is 2.42. The van der Waals surface area contributed by atoms with Crippen molar-refractivity contribution in [3.63, 3.8) is 0 Å². The number of rotatable bonds is 8. The maximum atomic E-state index is 13.0. The predicted molar refractivity (Wildman–Crippen MR) is 127 cm³/mol. The van der Waals surface area contributed by atoms with Crippen molar-refractivity contribution in [1.82, 2.24) is 0 Å². The van der Waals surface area contributed by atoms with Gasteiger partial charge in [0.2, 0.25) is 0 Å². The van der Waals surface area contributed by atoms with Crippen LogP contribution in [0.3, 0.4) is 0 Å². The molecule has 0 amide bonds. The number of allylic oxidation sites excluding steroid dienone is 1. The van der Waals surface area contributed by atoms with Crippen molar-refractivity contribution in [3.05, 3.63) is 41.5 Å². The average molecular weight is 478 g/mol. The second-order valence-corrected chi connectivity index (χ2v) is 8.45. The average Bonchev–Trinajstić information content (AvgIpc) is 2.78. The van der Waals surface area contributed by atoms with E-state index in [9.17, 15) is 9.90 Å². The number of carbonyl (C=O) groups excluding carboxylic acids is 1. The molecule has 0 spiro atoms. The zero-order chi connectivity index (χ0) is 25.1. The third-order valence-electron chi connectivity index (χ3n) is 5.13. The van der Waals surface area contributed by atoms with E-state index in [-0.39, 0.29) is 6.79 Å². The lowest BCUT2D eigenvalue weighted by atomic mass is 10.0. The summed E-state index contributed by atoms with van der Waals surface area (Å²) >= 11 is 0. The summed E-state index contributed by atoms with van der Waals surface area (Å²) in [6.07, 6.45) is 7.62. The van der Waals surface area contributed by atoms with Crippen molar-refractivity contribution in [3.8, 4) is 11.5 Å². The second-order valence-electron chi connectivity index (χ2n) is 8.45. The van der Waals surface area contributed by atoms with Crippen molar-refractivity contribution in [2.45, 2.75) is 71.1 Å². The summed E-state index contributed by atoms with van der Waals surface area (Å²) < 4.78 is 33.5. The largest absolute Gasteiger partial charge is 0.829 e. The van der Waals surface area contributed by atoms with Crippen LogP contribution in [0.2, 0.25) is 0 Å². The topological polar surface area (TPSA) is 95.5 Å². The molecule has 0 radical (unpaired) electrons. The third-order valence-corrected chi connectivity index (χ3v) is 5.13. The quantitative estimate of drug-likeness (QED) is 0.241. The highest BCUT2D eigenvalue weighted by Crippen LogP contribution is 2.31. The molecule has 34 heavy (non-hydrogen) atoms. The summed E-state index contributed by atoms with van der Waals surface area (Å²) in [7, 11) is 3.05. The van der Waals surface area contributed by atoms with Gasteiger partial charge in [0.25, 0.3) is 0 Å². The molecule has 2 rings (SSSR count). The molecule has 0 aliphatic carbocycles. The molecule has 0 aromatic heterocycles. The number of hydrogen-bond acceptors (Lipinski definition) is 8. The summed E-state index contributed by atoms with van der Waals surface area (Å²) in [5, 5.41) is 12.4. The van der Waals surface area contributed by atoms with Gasteiger partial charge in [0.15, 0.2) is 0 Å². The van der Waals surface area contributed by atoms with Crippen molar-refractivity contribution in [2.24, 2.45) is 0 Å². The van der Waals surface area contributed by atoms with E-state index in [2.05, 4.69) is 0 Å². The van der Waals surface area contributed by atoms with Crippen LogP contribution in [0.1, 0.15) is 62.9 Å². The van der Waals surface area contributed by atoms with Crippen molar-refractivity contribution in [2.75, 3.05) is 27.6 Å². The van der Waals surface area contributed by atoms with E-state index in [1.165, 1.54) is 21.0 Å². The van der Waals surface area contributed by atoms with E-state index >= 15 is 0 Å². The highest BCUT2D eigenvalue weighted by molar-refractivity contribution is 5.97. The van der Waals surface area contributed by atoms with Gasteiger partial charge in [-0.05, 0) is 44.1 Å². The Hall–Kier alpha value is -2.39. The summed E-state index contributed by atoms with van der Waals surface area (Å²) in [4.78, 5) is 13.0. The Bertz CT molecular complexity index is 840. The van der Waals surface area contributed by atoms with Gasteiger partial charge in [0, 0.05) is 19.1 Å². The molecule has 0 fully saturated rings. The molecule has 1 aliphatic rings. The summed E-state index contributed by atoms with van der Waals surface area (Å²) in [5.41, 5.74) is 0.950. The maximum Gasteiger partial charge on any atom is 0.342 e. The van der Waals surface area contributed by atoms with Gasteiger partial charge in [-0.2, -0.15) is 0 Å². The molecule has 190 valence electrons. The van der Waals surface area contributed by atoms with Crippen LogP contribution in [0.4, 0.5) is 0 Å². The van der Waals surface area contributed by atoms with Crippen molar-refractivity contribution < 1.29 is 38.3 Å². The summed E-state index contributed by atoms with van der Waals surface area (Å²) in [6, 6.07) is 3.41. The van der Waals surface area contributed by atoms with E-state index in [1.54, 1.807) is 19.2 Å². The van der Waals surface area contributed by atoms with Crippen LogP contribution in [0.15, 0.2) is 30.4 Å². The molecular formula is C26H37O8-. The van der Waals surface area contributed by atoms with Crippen molar-refractivity contribution >= 4 is 12.0 Å². The van der Waals surface area contributed by atoms with Gasteiger partial charge >= 0.3 is 5.97 Å². The number of carbonyl (C=O) groups is 1. The molecule has 1 aromatic carbocycles. The highest BCUT2D eigenvalue weighted by Gasteiger charge is 2.25. The number of cyclic esters (lactones) is 1. The molecule has 3 atom stereocenters. The van der Waals surface area contributed by atoms with Gasteiger partial charge in [-0.15, -0.1) is 0 Å². The second kappa shape index (κ2) is 13.5. The van der Waals surface area contributed by atoms with E-state index < -0.39 is 30.1 Å². The monoisotopic (exact) mass is 477 g/mol. The first-order chi connectivity index (χ1) is 16.2. The van der Waals surface area contributed by atoms with E-state index in [1.807, 2.05) is 38.2 Å². The Morgan fingerprint density at radius 3 is 2.59 bits per heavy atom. The molecule has 1 unspecified atom stereocenters. The fourth-order valence-electron chi connectivity index (χ4n) is 3.56. The number of esters is 1. The van der Waals surface area contributed by atoms with Crippen LogP contribution in [-0.2, 0) is 18.9 Å². The molecule has 1 heterocycles. The van der Waals surface area contributed by atoms with Crippen LogP contribution in [-0.4, -0.2) is 57.7 Å². The Kier molecular flexibility index (Phi) is 11.0. The smallest absolute Gasteiger partial charge is 0.342 e. The van der Waals surface area contributed by atoms with E-state index in [4.69, 9.17) is 28.4 Å². The van der Waals surface area contributed by atoms with Crippen LogP contribution in [0.5, 0.6) is 11.5 Å². The number of methoxy groups -OCH3 is 2.